The highest BCUT2D eigenvalue weighted by molar-refractivity contribution is 6.29. The molecule has 8 heteroatoms. The van der Waals surface area contributed by atoms with Crippen LogP contribution in [0.1, 0.15) is 31.8 Å². The van der Waals surface area contributed by atoms with Gasteiger partial charge in [0.25, 0.3) is 11.4 Å². The van der Waals surface area contributed by atoms with Gasteiger partial charge in [-0.25, -0.2) is 0 Å². The molecule has 0 saturated heterocycles. The average molecular weight is 549 g/mol. The van der Waals surface area contributed by atoms with Crippen molar-refractivity contribution in [3.05, 3.63) is 140 Å². The Labute approximate surface area is 236 Å². The predicted molar refractivity (Wildman–Crippen MR) is 158 cm³/mol. The number of ketones is 2. The first-order valence-electron chi connectivity index (χ1n) is 13.1. The lowest BCUT2D eigenvalue weighted by atomic mass is 9.78. The Kier molecular flexibility index (Phi) is 4.68. The number of carbonyl (C=O) groups is 2. The van der Waals surface area contributed by atoms with Gasteiger partial charge in [-0.1, -0.05) is 66.7 Å². The fourth-order valence-corrected chi connectivity index (χ4v) is 6.57. The molecule has 6 aromatic carbocycles. The van der Waals surface area contributed by atoms with Crippen LogP contribution in [-0.2, 0) is 0 Å². The highest BCUT2D eigenvalue weighted by Gasteiger charge is 2.35. The lowest BCUT2D eigenvalue weighted by molar-refractivity contribution is -0.384. The molecule has 8 rings (SSSR count). The first-order chi connectivity index (χ1) is 20.3. The van der Waals surface area contributed by atoms with E-state index in [0.29, 0.717) is 71.6 Å². The lowest BCUT2D eigenvalue weighted by Gasteiger charge is -2.23. The van der Waals surface area contributed by atoms with Crippen LogP contribution in [0.3, 0.4) is 0 Å². The molecule has 2 aliphatic carbocycles. The second-order valence-electron chi connectivity index (χ2n) is 10.4. The molecule has 0 radical (unpaired) electrons. The molecule has 0 N–H and O–H groups in total. The minimum Gasteiger partial charge on any atom is -0.289 e. The van der Waals surface area contributed by atoms with Crippen molar-refractivity contribution >= 4 is 44.5 Å². The van der Waals surface area contributed by atoms with E-state index >= 15 is 0 Å². The fourth-order valence-electron chi connectivity index (χ4n) is 6.57. The Balaban J connectivity index is 1.54. The highest BCUT2D eigenvalue weighted by Crippen LogP contribution is 2.51. The number of hydrogen-bond donors (Lipinski definition) is 0. The van der Waals surface area contributed by atoms with Crippen LogP contribution in [0.25, 0.3) is 54.9 Å². The van der Waals surface area contributed by atoms with Crippen molar-refractivity contribution in [2.75, 3.05) is 0 Å². The summed E-state index contributed by atoms with van der Waals surface area (Å²) in [6.07, 6.45) is 0. The molecule has 8 nitrogen and oxygen atoms in total. The number of hydrogen-bond acceptors (Lipinski definition) is 6. The van der Waals surface area contributed by atoms with Crippen molar-refractivity contribution in [2.24, 2.45) is 0 Å². The normalized spacial score (nSPS) is 12.8. The molecule has 0 aromatic heterocycles. The van der Waals surface area contributed by atoms with Crippen molar-refractivity contribution in [1.29, 1.82) is 0 Å². The number of benzene rings is 6. The van der Waals surface area contributed by atoms with Gasteiger partial charge >= 0.3 is 0 Å². The van der Waals surface area contributed by atoms with Crippen LogP contribution in [0.15, 0.2) is 97.1 Å². The van der Waals surface area contributed by atoms with Gasteiger partial charge in [0.05, 0.1) is 21.0 Å². The maximum Gasteiger partial charge on any atom is 0.285 e. The van der Waals surface area contributed by atoms with E-state index in [9.17, 15) is 29.8 Å². The molecule has 2 aliphatic rings. The van der Waals surface area contributed by atoms with Crippen molar-refractivity contribution in [3.8, 4) is 33.4 Å². The number of nitrogens with zero attached hydrogens (tertiary/aromatic N) is 2. The van der Waals surface area contributed by atoms with Crippen LogP contribution in [0.4, 0.5) is 11.4 Å². The summed E-state index contributed by atoms with van der Waals surface area (Å²) in [5.74, 6) is -0.503. The zero-order chi connectivity index (χ0) is 28.9. The van der Waals surface area contributed by atoms with Gasteiger partial charge in [0.1, 0.15) is 0 Å². The van der Waals surface area contributed by atoms with Gasteiger partial charge in [0, 0.05) is 50.7 Å². The monoisotopic (exact) mass is 548 g/mol. The molecule has 0 spiro atoms. The van der Waals surface area contributed by atoms with E-state index in [4.69, 9.17) is 0 Å². The molecular formula is C34H16N2O6. The van der Waals surface area contributed by atoms with E-state index in [2.05, 4.69) is 0 Å². The van der Waals surface area contributed by atoms with Crippen LogP contribution >= 0.6 is 0 Å². The Morgan fingerprint density at radius 1 is 0.476 bits per heavy atom. The van der Waals surface area contributed by atoms with Gasteiger partial charge < -0.3 is 0 Å². The summed E-state index contributed by atoms with van der Waals surface area (Å²) in [7, 11) is 0. The molecular weight excluding hydrogens is 532 g/mol. The molecule has 0 atom stereocenters. The molecule has 0 unspecified atom stereocenters. The summed E-state index contributed by atoms with van der Waals surface area (Å²) < 4.78 is 0. The van der Waals surface area contributed by atoms with Crippen molar-refractivity contribution in [3.63, 3.8) is 0 Å². The zero-order valence-electron chi connectivity index (χ0n) is 21.6. The maximum atomic E-state index is 13.4. The first-order valence-corrected chi connectivity index (χ1v) is 13.1. The number of fused-ring (bicyclic) bond motifs is 4. The van der Waals surface area contributed by atoms with Crippen LogP contribution in [0.2, 0.25) is 0 Å². The van der Waals surface area contributed by atoms with Crippen LogP contribution in [-0.4, -0.2) is 21.4 Å². The topological polar surface area (TPSA) is 120 Å². The molecule has 0 aliphatic heterocycles. The Morgan fingerprint density at radius 3 is 1.83 bits per heavy atom. The molecule has 0 bridgehead atoms. The van der Waals surface area contributed by atoms with Crippen LogP contribution in [0, 0.1) is 20.2 Å². The average Bonchev–Trinajstić information content (AvgIpc) is 3.01. The number of nitro groups is 2. The second-order valence-corrected chi connectivity index (χ2v) is 10.4. The molecule has 6 aromatic rings. The van der Waals surface area contributed by atoms with Crippen molar-refractivity contribution in [2.45, 2.75) is 0 Å². The number of rotatable bonds is 3. The summed E-state index contributed by atoms with van der Waals surface area (Å²) in [5, 5.41) is 26.9. The van der Waals surface area contributed by atoms with E-state index in [-0.39, 0.29) is 28.5 Å². The first kappa shape index (κ1) is 23.8. The Bertz CT molecular complexity index is 2300. The third-order valence-corrected chi connectivity index (χ3v) is 8.27. The molecule has 0 heterocycles. The van der Waals surface area contributed by atoms with Crippen molar-refractivity contribution < 1.29 is 19.4 Å². The number of carbonyl (C=O) groups excluding carboxylic acids is 2. The highest BCUT2D eigenvalue weighted by atomic mass is 16.6. The summed E-state index contributed by atoms with van der Waals surface area (Å²) in [6.45, 7) is 0. The smallest absolute Gasteiger partial charge is 0.285 e. The quantitative estimate of drug-likeness (QED) is 0.163. The molecule has 42 heavy (non-hydrogen) atoms. The SMILES string of the molecule is O=C1c2ccccc2-c2cc(-c3cc4cccc5c4c(c3[N+](=O)[O-])-c3ccccc3C5=O)cc3cc([N+](=O)[O-])cc1c23. The molecule has 0 saturated carbocycles. The Hall–Kier alpha value is -6.02. The van der Waals surface area contributed by atoms with Gasteiger partial charge in [-0.05, 0) is 45.7 Å². The predicted octanol–water partition coefficient (Wildman–Crippen LogP) is 7.90. The summed E-state index contributed by atoms with van der Waals surface area (Å²) in [4.78, 5) is 50.6. The minimum atomic E-state index is -0.547. The third kappa shape index (κ3) is 3.06. The standard InChI is InChI=1S/C34H16N2O6/c37-33-24-10-4-2-8-22(24)31-30-17(6-5-11-25(30)33)14-26(32(31)36(41)42)18-12-19-13-20(35(39)40)16-28-29(19)27(15-18)21-7-1-3-9-23(21)34(28)38/h1-16H. The zero-order valence-corrected chi connectivity index (χ0v) is 21.6. The molecule has 0 fully saturated rings. The summed E-state index contributed by atoms with van der Waals surface area (Å²) >= 11 is 0. The fraction of sp³-hybridized carbons (Fsp3) is 0. The Morgan fingerprint density at radius 2 is 1.12 bits per heavy atom. The largest absolute Gasteiger partial charge is 0.289 e. The summed E-state index contributed by atoms with van der Waals surface area (Å²) in [5.41, 5.74) is 3.95. The van der Waals surface area contributed by atoms with Gasteiger partial charge in [-0.2, -0.15) is 0 Å². The van der Waals surface area contributed by atoms with E-state index in [0.717, 1.165) is 0 Å². The second kappa shape index (κ2) is 8.25. The van der Waals surface area contributed by atoms with Crippen LogP contribution < -0.4 is 0 Å². The number of non-ortho nitro benzene ring substituents is 1. The number of nitro benzene ring substituents is 2. The van der Waals surface area contributed by atoms with Gasteiger partial charge in [0.2, 0.25) is 0 Å². The van der Waals surface area contributed by atoms with Gasteiger partial charge in [-0.3, -0.25) is 29.8 Å². The van der Waals surface area contributed by atoms with E-state index in [1.807, 2.05) is 18.2 Å². The van der Waals surface area contributed by atoms with Crippen molar-refractivity contribution in [1.82, 2.24) is 0 Å². The van der Waals surface area contributed by atoms with E-state index in [1.165, 1.54) is 12.1 Å². The molecule has 0 amide bonds. The van der Waals surface area contributed by atoms with E-state index in [1.54, 1.807) is 66.7 Å². The third-order valence-electron chi connectivity index (χ3n) is 8.27. The van der Waals surface area contributed by atoms with Crippen LogP contribution in [0.5, 0.6) is 0 Å². The lowest BCUT2D eigenvalue weighted by Crippen LogP contribution is -2.12. The maximum absolute atomic E-state index is 13.4. The van der Waals surface area contributed by atoms with Gasteiger partial charge in [0.15, 0.2) is 11.6 Å². The summed E-state index contributed by atoms with van der Waals surface area (Å²) in [6, 6.07) is 27.0. The minimum absolute atomic E-state index is 0.160. The molecule has 198 valence electrons. The van der Waals surface area contributed by atoms with E-state index < -0.39 is 9.85 Å². The van der Waals surface area contributed by atoms with Gasteiger partial charge in [-0.15, -0.1) is 0 Å².